The first-order valence-corrected chi connectivity index (χ1v) is 8.19. The number of rotatable bonds is 0. The summed E-state index contributed by atoms with van der Waals surface area (Å²) in [7, 11) is 0. The zero-order valence-corrected chi connectivity index (χ0v) is 18.6. The Hall–Kier alpha value is -0.772. The maximum Gasteiger partial charge on any atom is 2.00 e. The monoisotopic (exact) mass is 573 g/mol. The van der Waals surface area contributed by atoms with E-state index >= 15 is 0 Å². The summed E-state index contributed by atoms with van der Waals surface area (Å²) in [6.45, 7) is 4.29. The molecule has 0 amide bonds. The number of hydrogen-bond acceptors (Lipinski definition) is 4. The Morgan fingerprint density at radius 2 is 1.19 bits per heavy atom. The van der Waals surface area contributed by atoms with Crippen molar-refractivity contribution in [3.8, 4) is 0 Å². The molecule has 0 spiro atoms. The van der Waals surface area contributed by atoms with Crippen molar-refractivity contribution in [2.75, 3.05) is 0 Å². The Kier molecular flexibility index (Phi) is 10.8. The molecule has 4 rings (SSSR count). The number of hydrogen-bond donors (Lipinski definition) is 2. The molecule has 2 aromatic heterocycles. The number of nitrogens with zero attached hydrogens (tertiary/aromatic N) is 2. The van der Waals surface area contributed by atoms with Gasteiger partial charge in [0.15, 0.2) is 0 Å². The molecular formula is C19H24Cl2N4Pt. The zero-order chi connectivity index (χ0) is 16.4. The SMILES string of the molecule is Cc1c(C)c2cccnc2c2ncccc12.N[C@@H]1CCC[C@H]1N.[Cl-].[Cl-].[Pt+2]. The smallest absolute Gasteiger partial charge is 1.00 e. The van der Waals surface area contributed by atoms with E-state index in [9.17, 15) is 0 Å². The molecule has 1 aliphatic carbocycles. The molecule has 4 N–H and O–H groups in total. The summed E-state index contributed by atoms with van der Waals surface area (Å²) in [5.74, 6) is 0. The predicted molar refractivity (Wildman–Crippen MR) is 96.3 cm³/mol. The fourth-order valence-electron chi connectivity index (χ4n) is 3.21. The second-order valence-corrected chi connectivity index (χ2v) is 6.31. The molecule has 0 aliphatic heterocycles. The van der Waals surface area contributed by atoms with Crippen molar-refractivity contribution in [1.82, 2.24) is 9.97 Å². The Morgan fingerprint density at radius 3 is 1.50 bits per heavy atom. The van der Waals surface area contributed by atoms with Crippen LogP contribution in [-0.4, -0.2) is 22.1 Å². The number of aryl methyl sites for hydroxylation is 2. The van der Waals surface area contributed by atoms with Gasteiger partial charge in [-0.15, -0.1) is 0 Å². The molecule has 4 nitrogen and oxygen atoms in total. The van der Waals surface area contributed by atoms with Gasteiger partial charge in [-0.3, -0.25) is 9.97 Å². The Bertz CT molecular complexity index is 775. The minimum absolute atomic E-state index is 0. The fraction of sp³-hybridized carbons (Fsp3) is 0.368. The van der Waals surface area contributed by atoms with Gasteiger partial charge in [0.2, 0.25) is 0 Å². The zero-order valence-electron chi connectivity index (χ0n) is 14.9. The van der Waals surface area contributed by atoms with Gasteiger partial charge < -0.3 is 36.3 Å². The van der Waals surface area contributed by atoms with Crippen LogP contribution >= 0.6 is 0 Å². The van der Waals surface area contributed by atoms with Crippen LogP contribution in [0.1, 0.15) is 30.4 Å². The first kappa shape index (κ1) is 25.2. The largest absolute Gasteiger partial charge is 2.00 e. The van der Waals surface area contributed by atoms with Crippen molar-refractivity contribution in [2.45, 2.75) is 45.2 Å². The molecule has 1 aliphatic rings. The van der Waals surface area contributed by atoms with E-state index in [0.717, 1.165) is 23.9 Å². The van der Waals surface area contributed by atoms with Gasteiger partial charge in [-0.2, -0.15) is 0 Å². The van der Waals surface area contributed by atoms with Gasteiger partial charge in [0.1, 0.15) is 0 Å². The van der Waals surface area contributed by atoms with Crippen LogP contribution in [0.4, 0.5) is 0 Å². The third kappa shape index (κ3) is 5.15. The van der Waals surface area contributed by atoms with Gasteiger partial charge in [-0.05, 0) is 49.9 Å². The third-order valence-corrected chi connectivity index (χ3v) is 4.84. The van der Waals surface area contributed by atoms with Crippen molar-refractivity contribution in [3.63, 3.8) is 0 Å². The summed E-state index contributed by atoms with van der Waals surface area (Å²) in [6, 6.07) is 8.75. The third-order valence-electron chi connectivity index (χ3n) is 4.84. The number of nitrogens with two attached hydrogens (primary N) is 2. The van der Waals surface area contributed by atoms with Crippen molar-refractivity contribution in [2.24, 2.45) is 11.5 Å². The predicted octanol–water partition coefficient (Wildman–Crippen LogP) is -2.77. The second-order valence-electron chi connectivity index (χ2n) is 6.31. The van der Waals surface area contributed by atoms with Gasteiger partial charge >= 0.3 is 21.1 Å². The van der Waals surface area contributed by atoms with Crippen LogP contribution in [-0.2, 0) is 21.1 Å². The standard InChI is InChI=1S/C14H12N2.C5H12N2.2ClH.Pt/c1-9-10(2)12-6-4-8-16-14(12)13-11(9)5-3-7-15-13;6-4-2-1-3-5(4)7;;;/h3-8H,1-2H3;4-5H,1-3,6-7H2;2*1H;/q;;;;+2/p-2/t;4-,5-;;;/m.1.../s1. The van der Waals surface area contributed by atoms with E-state index < -0.39 is 0 Å². The van der Waals surface area contributed by atoms with Gasteiger partial charge in [0.05, 0.1) is 11.0 Å². The molecule has 1 saturated carbocycles. The molecule has 144 valence electrons. The van der Waals surface area contributed by atoms with Crippen LogP contribution in [0.5, 0.6) is 0 Å². The quantitative estimate of drug-likeness (QED) is 0.286. The van der Waals surface area contributed by atoms with Gasteiger partial charge in [0, 0.05) is 35.2 Å². The summed E-state index contributed by atoms with van der Waals surface area (Å²) in [4.78, 5) is 8.90. The molecule has 0 radical (unpaired) electrons. The average molecular weight is 574 g/mol. The maximum absolute atomic E-state index is 5.55. The molecule has 3 aromatic rings. The maximum atomic E-state index is 5.55. The molecule has 1 fully saturated rings. The summed E-state index contributed by atoms with van der Waals surface area (Å²) in [5, 5.41) is 2.40. The van der Waals surface area contributed by atoms with Crippen LogP contribution in [0.3, 0.4) is 0 Å². The van der Waals surface area contributed by atoms with E-state index in [-0.39, 0.29) is 45.9 Å². The van der Waals surface area contributed by atoms with Gasteiger partial charge in [-0.1, -0.05) is 18.6 Å². The van der Waals surface area contributed by atoms with Crippen molar-refractivity contribution < 1.29 is 45.9 Å². The topological polar surface area (TPSA) is 77.8 Å². The number of halogens is 2. The molecule has 7 heteroatoms. The van der Waals surface area contributed by atoms with E-state index in [2.05, 4.69) is 35.9 Å². The van der Waals surface area contributed by atoms with Crippen molar-refractivity contribution in [1.29, 1.82) is 0 Å². The van der Waals surface area contributed by atoms with Crippen LogP contribution in [0.15, 0.2) is 36.7 Å². The van der Waals surface area contributed by atoms with E-state index in [4.69, 9.17) is 11.5 Å². The Balaban J connectivity index is 0.000000542. The first-order valence-electron chi connectivity index (χ1n) is 8.19. The number of aromatic nitrogens is 2. The molecule has 26 heavy (non-hydrogen) atoms. The van der Waals surface area contributed by atoms with E-state index in [1.807, 2.05) is 24.5 Å². The number of pyridine rings is 2. The minimum Gasteiger partial charge on any atom is -1.00 e. The second kappa shape index (κ2) is 11.2. The number of benzene rings is 1. The van der Waals surface area contributed by atoms with Crippen LogP contribution in [0, 0.1) is 13.8 Å². The number of fused-ring (bicyclic) bond motifs is 3. The van der Waals surface area contributed by atoms with Crippen LogP contribution < -0.4 is 36.3 Å². The van der Waals surface area contributed by atoms with Crippen LogP contribution in [0.2, 0.25) is 0 Å². The summed E-state index contributed by atoms with van der Waals surface area (Å²) in [6.07, 6.45) is 7.13. The van der Waals surface area contributed by atoms with Gasteiger partial charge in [0.25, 0.3) is 0 Å². The molecule has 2 heterocycles. The van der Waals surface area contributed by atoms with Crippen LogP contribution in [0.25, 0.3) is 21.8 Å². The summed E-state index contributed by atoms with van der Waals surface area (Å²) in [5.41, 5.74) is 15.7. The van der Waals surface area contributed by atoms with E-state index in [1.165, 1.54) is 28.3 Å². The van der Waals surface area contributed by atoms with E-state index in [0.29, 0.717) is 12.1 Å². The average Bonchev–Trinajstić information content (AvgIpc) is 2.96. The molecular weight excluding hydrogens is 550 g/mol. The Labute approximate surface area is 181 Å². The van der Waals surface area contributed by atoms with Gasteiger partial charge in [-0.25, -0.2) is 0 Å². The van der Waals surface area contributed by atoms with Crippen molar-refractivity contribution >= 4 is 21.8 Å². The molecule has 0 unspecified atom stereocenters. The fourth-order valence-corrected chi connectivity index (χ4v) is 3.21. The molecule has 0 saturated heterocycles. The minimum atomic E-state index is 0. The molecule has 0 bridgehead atoms. The molecule has 2 atom stereocenters. The molecule has 1 aromatic carbocycles. The summed E-state index contributed by atoms with van der Waals surface area (Å²) < 4.78 is 0. The van der Waals surface area contributed by atoms with Crippen molar-refractivity contribution in [3.05, 3.63) is 47.8 Å². The first-order chi connectivity index (χ1) is 11.1. The normalized spacial score (nSPS) is 18.2. The Morgan fingerprint density at radius 1 is 0.808 bits per heavy atom. The summed E-state index contributed by atoms with van der Waals surface area (Å²) >= 11 is 0. The van der Waals surface area contributed by atoms with E-state index in [1.54, 1.807) is 0 Å².